The minimum Gasteiger partial charge on any atom is -0.477 e. The summed E-state index contributed by atoms with van der Waals surface area (Å²) >= 11 is 0. The van der Waals surface area contributed by atoms with Crippen molar-refractivity contribution in [1.29, 1.82) is 0 Å². The summed E-state index contributed by atoms with van der Waals surface area (Å²) in [4.78, 5) is 15.4. The molecule has 0 N–H and O–H groups in total. The number of ether oxygens (including phenoxy) is 2. The van der Waals surface area contributed by atoms with E-state index in [9.17, 15) is 4.79 Å². The van der Waals surface area contributed by atoms with Crippen LogP contribution in [-0.4, -0.2) is 24.0 Å². The topological polar surface area (TPSA) is 38.8 Å². The maximum atomic E-state index is 13.1. The van der Waals surface area contributed by atoms with Crippen molar-refractivity contribution >= 4 is 11.9 Å². The van der Waals surface area contributed by atoms with Gasteiger partial charge in [0, 0.05) is 24.2 Å². The van der Waals surface area contributed by atoms with Crippen molar-refractivity contribution in [2.75, 3.05) is 13.3 Å². The quantitative estimate of drug-likeness (QED) is 0.491. The van der Waals surface area contributed by atoms with Crippen LogP contribution in [0.2, 0.25) is 0 Å². The Balaban J connectivity index is 1.32. The molecule has 0 radical (unpaired) electrons. The standard InChI is InChI=1S/C28H27NO3/c1-19-8-6-11-22(14-19)15-25-26(30)24-16-23-17-29(13-7-12-21-9-4-3-5-10-21)18-31-27(23)20(2)28(24)32-25/h3-6,8-11,14-16H,7,12-13,17-18H2,1-2H3/b25-15-. The first-order valence-corrected chi connectivity index (χ1v) is 11.1. The summed E-state index contributed by atoms with van der Waals surface area (Å²) in [6.07, 6.45) is 3.94. The highest BCUT2D eigenvalue weighted by Crippen LogP contribution is 2.43. The predicted octanol–water partition coefficient (Wildman–Crippen LogP) is 5.70. The number of ketones is 1. The molecule has 0 atom stereocenters. The first-order valence-electron chi connectivity index (χ1n) is 11.1. The van der Waals surface area contributed by atoms with Gasteiger partial charge in [0.05, 0.1) is 5.56 Å². The summed E-state index contributed by atoms with van der Waals surface area (Å²) in [6, 6.07) is 20.6. The molecule has 32 heavy (non-hydrogen) atoms. The summed E-state index contributed by atoms with van der Waals surface area (Å²) in [6.45, 7) is 6.30. The van der Waals surface area contributed by atoms with E-state index in [0.29, 0.717) is 23.8 Å². The van der Waals surface area contributed by atoms with Crippen LogP contribution in [0.3, 0.4) is 0 Å². The molecule has 0 saturated heterocycles. The van der Waals surface area contributed by atoms with Gasteiger partial charge >= 0.3 is 0 Å². The fourth-order valence-corrected chi connectivity index (χ4v) is 4.50. The Hall–Kier alpha value is -3.37. The summed E-state index contributed by atoms with van der Waals surface area (Å²) < 4.78 is 12.1. The summed E-state index contributed by atoms with van der Waals surface area (Å²) in [5.74, 6) is 1.79. The molecule has 2 aliphatic heterocycles. The van der Waals surface area contributed by atoms with Gasteiger partial charge < -0.3 is 9.47 Å². The van der Waals surface area contributed by atoms with Gasteiger partial charge in [-0.05, 0) is 50.0 Å². The molecule has 0 fully saturated rings. The average molecular weight is 426 g/mol. The van der Waals surface area contributed by atoms with Crippen molar-refractivity contribution < 1.29 is 14.3 Å². The molecule has 5 rings (SSSR count). The first kappa shape index (κ1) is 20.5. The van der Waals surface area contributed by atoms with E-state index in [1.54, 1.807) is 0 Å². The smallest absolute Gasteiger partial charge is 0.231 e. The monoisotopic (exact) mass is 425 g/mol. The normalized spacial score (nSPS) is 16.4. The third kappa shape index (κ3) is 4.06. The maximum absolute atomic E-state index is 13.1. The fraction of sp³-hybridized carbons (Fsp3) is 0.250. The van der Waals surface area contributed by atoms with Crippen molar-refractivity contribution in [1.82, 2.24) is 4.90 Å². The molecule has 0 amide bonds. The number of benzene rings is 3. The van der Waals surface area contributed by atoms with Crippen LogP contribution in [0.1, 0.15) is 44.6 Å². The lowest BCUT2D eigenvalue weighted by atomic mass is 9.99. The molecule has 162 valence electrons. The van der Waals surface area contributed by atoms with E-state index in [-0.39, 0.29) is 5.78 Å². The van der Waals surface area contributed by atoms with Crippen molar-refractivity contribution in [3.05, 3.63) is 99.8 Å². The van der Waals surface area contributed by atoms with Crippen LogP contribution in [0.5, 0.6) is 11.5 Å². The highest BCUT2D eigenvalue weighted by Gasteiger charge is 2.33. The molecule has 4 nitrogen and oxygen atoms in total. The SMILES string of the molecule is Cc1cccc(/C=C2\Oc3c(cc4c(c3C)OCN(CCCc3ccccc3)C4)C2=O)c1. The second-order valence-corrected chi connectivity index (χ2v) is 8.64. The van der Waals surface area contributed by atoms with Crippen LogP contribution in [-0.2, 0) is 13.0 Å². The minimum absolute atomic E-state index is 0.0615. The Morgan fingerprint density at radius 1 is 1.00 bits per heavy atom. The van der Waals surface area contributed by atoms with Crippen LogP contribution >= 0.6 is 0 Å². The minimum atomic E-state index is -0.0615. The Bertz CT molecular complexity index is 1200. The number of hydrogen-bond donors (Lipinski definition) is 0. The predicted molar refractivity (Wildman–Crippen MR) is 126 cm³/mol. The number of aryl methyl sites for hydroxylation is 2. The van der Waals surface area contributed by atoms with Crippen LogP contribution in [0.25, 0.3) is 6.08 Å². The highest BCUT2D eigenvalue weighted by molar-refractivity contribution is 6.15. The second kappa shape index (κ2) is 8.64. The summed E-state index contributed by atoms with van der Waals surface area (Å²) in [7, 11) is 0. The third-order valence-electron chi connectivity index (χ3n) is 6.12. The van der Waals surface area contributed by atoms with Crippen molar-refractivity contribution in [3.8, 4) is 11.5 Å². The lowest BCUT2D eigenvalue weighted by Crippen LogP contribution is -2.33. The Morgan fingerprint density at radius 3 is 2.66 bits per heavy atom. The number of carbonyl (C=O) groups is 1. The van der Waals surface area contributed by atoms with E-state index in [4.69, 9.17) is 9.47 Å². The molecule has 0 spiro atoms. The number of carbonyl (C=O) groups excluding carboxylic acids is 1. The molecule has 0 bridgehead atoms. The molecule has 0 saturated carbocycles. The highest BCUT2D eigenvalue weighted by atomic mass is 16.5. The van der Waals surface area contributed by atoms with Gasteiger partial charge in [0.1, 0.15) is 18.2 Å². The van der Waals surface area contributed by atoms with Gasteiger partial charge in [-0.3, -0.25) is 9.69 Å². The largest absolute Gasteiger partial charge is 0.477 e. The molecule has 2 aliphatic rings. The van der Waals surface area contributed by atoms with Crippen molar-refractivity contribution in [2.45, 2.75) is 33.2 Å². The van der Waals surface area contributed by atoms with Crippen molar-refractivity contribution in [3.63, 3.8) is 0 Å². The van der Waals surface area contributed by atoms with Gasteiger partial charge in [-0.2, -0.15) is 0 Å². The van der Waals surface area contributed by atoms with E-state index in [1.807, 2.05) is 56.3 Å². The van der Waals surface area contributed by atoms with Gasteiger partial charge in [-0.1, -0.05) is 60.2 Å². The van der Waals surface area contributed by atoms with Gasteiger partial charge in [0.2, 0.25) is 5.78 Å². The number of Topliss-reactive ketones (excluding diaryl/α,β-unsaturated/α-hetero) is 1. The maximum Gasteiger partial charge on any atom is 0.231 e. The second-order valence-electron chi connectivity index (χ2n) is 8.64. The Labute approximate surface area is 189 Å². The fourth-order valence-electron chi connectivity index (χ4n) is 4.50. The molecular formula is C28H27NO3. The molecule has 0 aromatic heterocycles. The summed E-state index contributed by atoms with van der Waals surface area (Å²) in [5.41, 5.74) is 6.06. The number of fused-ring (bicyclic) bond motifs is 2. The molecular weight excluding hydrogens is 398 g/mol. The van der Waals surface area contributed by atoms with E-state index >= 15 is 0 Å². The third-order valence-corrected chi connectivity index (χ3v) is 6.12. The first-order chi connectivity index (χ1) is 15.6. The average Bonchev–Trinajstić information content (AvgIpc) is 3.10. The molecule has 3 aromatic rings. The van der Waals surface area contributed by atoms with Crippen LogP contribution < -0.4 is 9.47 Å². The van der Waals surface area contributed by atoms with E-state index in [2.05, 4.69) is 29.2 Å². The Kier molecular flexibility index (Phi) is 5.54. The van der Waals surface area contributed by atoms with Crippen LogP contribution in [0, 0.1) is 13.8 Å². The number of allylic oxidation sites excluding steroid dienone is 1. The number of hydrogen-bond acceptors (Lipinski definition) is 4. The van der Waals surface area contributed by atoms with E-state index < -0.39 is 0 Å². The zero-order valence-corrected chi connectivity index (χ0v) is 18.6. The lowest BCUT2D eigenvalue weighted by molar-refractivity contribution is 0.0932. The molecule has 2 heterocycles. The number of nitrogens with zero attached hydrogens (tertiary/aromatic N) is 1. The van der Waals surface area contributed by atoms with E-state index in [0.717, 1.165) is 53.9 Å². The molecule has 4 heteroatoms. The lowest BCUT2D eigenvalue weighted by Gasteiger charge is -2.30. The van der Waals surface area contributed by atoms with Gasteiger partial charge in [-0.25, -0.2) is 0 Å². The van der Waals surface area contributed by atoms with Gasteiger partial charge in [0.15, 0.2) is 5.76 Å². The Morgan fingerprint density at radius 2 is 1.84 bits per heavy atom. The zero-order valence-electron chi connectivity index (χ0n) is 18.6. The zero-order chi connectivity index (χ0) is 22.1. The molecule has 0 aliphatic carbocycles. The van der Waals surface area contributed by atoms with E-state index in [1.165, 1.54) is 5.56 Å². The van der Waals surface area contributed by atoms with Crippen LogP contribution in [0.4, 0.5) is 0 Å². The molecule has 3 aromatic carbocycles. The van der Waals surface area contributed by atoms with Gasteiger partial charge in [0.25, 0.3) is 0 Å². The van der Waals surface area contributed by atoms with Crippen molar-refractivity contribution in [2.24, 2.45) is 0 Å². The number of rotatable bonds is 5. The summed E-state index contributed by atoms with van der Waals surface area (Å²) in [5, 5.41) is 0. The van der Waals surface area contributed by atoms with Crippen LogP contribution in [0.15, 0.2) is 66.4 Å². The molecule has 0 unspecified atom stereocenters. The van der Waals surface area contributed by atoms with Gasteiger partial charge in [-0.15, -0.1) is 0 Å².